The summed E-state index contributed by atoms with van der Waals surface area (Å²) in [5.74, 6) is -3.28. The smallest absolute Gasteiger partial charge is 0.309 e. The van der Waals surface area contributed by atoms with E-state index in [0.29, 0.717) is 5.57 Å². The number of methoxy groups -OCH3 is 1. The molecule has 0 aliphatic heterocycles. The second-order valence-electron chi connectivity index (χ2n) is 3.80. The lowest BCUT2D eigenvalue weighted by Gasteiger charge is -2.25. The van der Waals surface area contributed by atoms with E-state index in [0.717, 1.165) is 0 Å². The predicted molar refractivity (Wildman–Crippen MR) is 54.6 cm³/mol. The van der Waals surface area contributed by atoms with E-state index < -0.39 is 23.8 Å². The molecule has 5 nitrogen and oxygen atoms in total. The molecule has 0 aromatic heterocycles. The SMILES string of the molecule is COC(=O)[C@@H]1CC(C(C)=O)=CC[C@@H]1C(=O)O. The summed E-state index contributed by atoms with van der Waals surface area (Å²) < 4.78 is 4.56. The maximum absolute atomic E-state index is 11.4. The number of hydrogen-bond acceptors (Lipinski definition) is 4. The van der Waals surface area contributed by atoms with E-state index in [1.807, 2.05) is 0 Å². The number of carbonyl (C=O) groups excluding carboxylic acids is 2. The van der Waals surface area contributed by atoms with Crippen molar-refractivity contribution in [1.29, 1.82) is 0 Å². The standard InChI is InChI=1S/C11H14O5/c1-6(12)7-3-4-8(10(13)14)9(5-7)11(15)16-2/h3,8-9H,4-5H2,1-2H3,(H,13,14)/t8-,9+/m0/s1. The average Bonchev–Trinajstić information content (AvgIpc) is 2.26. The molecule has 0 saturated heterocycles. The molecule has 0 amide bonds. The summed E-state index contributed by atoms with van der Waals surface area (Å²) in [6.07, 6.45) is 1.95. The van der Waals surface area contributed by atoms with Crippen LogP contribution in [0.2, 0.25) is 0 Å². The van der Waals surface area contributed by atoms with Crippen molar-refractivity contribution in [3.05, 3.63) is 11.6 Å². The van der Waals surface area contributed by atoms with Crippen molar-refractivity contribution in [2.45, 2.75) is 19.8 Å². The van der Waals surface area contributed by atoms with Gasteiger partial charge in [0.05, 0.1) is 18.9 Å². The first-order valence-corrected chi connectivity index (χ1v) is 4.98. The Labute approximate surface area is 93.1 Å². The number of carboxylic acid groups (broad SMARTS) is 1. The predicted octanol–water partition coefficient (Wildman–Crippen LogP) is 0.786. The summed E-state index contributed by atoms with van der Waals surface area (Å²) in [6.45, 7) is 1.40. The van der Waals surface area contributed by atoms with Crippen molar-refractivity contribution in [3.8, 4) is 0 Å². The van der Waals surface area contributed by atoms with Crippen LogP contribution < -0.4 is 0 Å². The molecule has 0 fully saturated rings. The summed E-state index contributed by atoms with van der Waals surface area (Å²) in [7, 11) is 1.22. The van der Waals surface area contributed by atoms with E-state index in [4.69, 9.17) is 5.11 Å². The van der Waals surface area contributed by atoms with Crippen molar-refractivity contribution < 1.29 is 24.2 Å². The van der Waals surface area contributed by atoms with E-state index in [1.165, 1.54) is 14.0 Å². The Morgan fingerprint density at radius 1 is 1.38 bits per heavy atom. The van der Waals surface area contributed by atoms with Gasteiger partial charge in [-0.1, -0.05) is 6.08 Å². The molecule has 0 radical (unpaired) electrons. The molecule has 1 rings (SSSR count). The monoisotopic (exact) mass is 226 g/mol. The molecule has 1 N–H and O–H groups in total. The first-order chi connectivity index (χ1) is 7.47. The molecule has 1 aliphatic carbocycles. The highest BCUT2D eigenvalue weighted by molar-refractivity contribution is 5.95. The molecule has 0 spiro atoms. The third kappa shape index (κ3) is 2.48. The normalized spacial score (nSPS) is 24.5. The van der Waals surface area contributed by atoms with Gasteiger partial charge in [-0.25, -0.2) is 0 Å². The first kappa shape index (κ1) is 12.4. The van der Waals surface area contributed by atoms with Crippen molar-refractivity contribution in [1.82, 2.24) is 0 Å². The van der Waals surface area contributed by atoms with E-state index in [9.17, 15) is 14.4 Å². The van der Waals surface area contributed by atoms with Crippen LogP contribution in [-0.2, 0) is 19.1 Å². The number of allylic oxidation sites excluding steroid dienone is 2. The van der Waals surface area contributed by atoms with E-state index in [-0.39, 0.29) is 18.6 Å². The van der Waals surface area contributed by atoms with Crippen LogP contribution in [0, 0.1) is 11.8 Å². The Bertz CT molecular complexity index is 355. The Balaban J connectivity index is 2.93. The second-order valence-corrected chi connectivity index (χ2v) is 3.80. The van der Waals surface area contributed by atoms with Gasteiger partial charge >= 0.3 is 11.9 Å². The van der Waals surface area contributed by atoms with Crippen LogP contribution in [0.3, 0.4) is 0 Å². The quantitative estimate of drug-likeness (QED) is 0.719. The maximum atomic E-state index is 11.4. The minimum Gasteiger partial charge on any atom is -0.481 e. The van der Waals surface area contributed by atoms with Crippen molar-refractivity contribution in [2.24, 2.45) is 11.8 Å². The minimum absolute atomic E-state index is 0.127. The number of carboxylic acids is 1. The van der Waals surface area contributed by atoms with Crippen molar-refractivity contribution in [3.63, 3.8) is 0 Å². The van der Waals surface area contributed by atoms with Gasteiger partial charge in [0.25, 0.3) is 0 Å². The van der Waals surface area contributed by atoms with Gasteiger partial charge in [-0.2, -0.15) is 0 Å². The van der Waals surface area contributed by atoms with Crippen LogP contribution in [0.1, 0.15) is 19.8 Å². The number of aliphatic carboxylic acids is 1. The number of ether oxygens (including phenoxy) is 1. The van der Waals surface area contributed by atoms with E-state index in [2.05, 4.69) is 4.74 Å². The number of rotatable bonds is 3. The lowest BCUT2D eigenvalue weighted by atomic mass is 9.78. The molecule has 0 unspecified atom stereocenters. The van der Waals surface area contributed by atoms with Crippen LogP contribution in [0.25, 0.3) is 0 Å². The van der Waals surface area contributed by atoms with Crippen LogP contribution >= 0.6 is 0 Å². The molecule has 0 bridgehead atoms. The molecule has 0 heterocycles. The average molecular weight is 226 g/mol. The van der Waals surface area contributed by atoms with E-state index in [1.54, 1.807) is 6.08 Å². The van der Waals surface area contributed by atoms with Crippen LogP contribution in [-0.4, -0.2) is 29.9 Å². The van der Waals surface area contributed by atoms with E-state index >= 15 is 0 Å². The van der Waals surface area contributed by atoms with Crippen LogP contribution in [0.4, 0.5) is 0 Å². The fourth-order valence-corrected chi connectivity index (χ4v) is 1.86. The van der Waals surface area contributed by atoms with Gasteiger partial charge in [0.1, 0.15) is 0 Å². The first-order valence-electron chi connectivity index (χ1n) is 4.98. The fourth-order valence-electron chi connectivity index (χ4n) is 1.86. The molecule has 5 heteroatoms. The van der Waals surface area contributed by atoms with Gasteiger partial charge in [0.2, 0.25) is 0 Å². The Kier molecular flexibility index (Phi) is 3.82. The topological polar surface area (TPSA) is 80.7 Å². The number of hydrogen-bond donors (Lipinski definition) is 1. The lowest BCUT2D eigenvalue weighted by Crippen LogP contribution is -2.33. The lowest BCUT2D eigenvalue weighted by molar-refractivity contribution is -0.156. The zero-order valence-electron chi connectivity index (χ0n) is 9.23. The summed E-state index contributed by atoms with van der Waals surface area (Å²) in [5.41, 5.74) is 0.507. The van der Waals surface area contributed by atoms with Crippen LogP contribution in [0.5, 0.6) is 0 Å². The molecule has 0 aromatic rings. The molecular weight excluding hydrogens is 212 g/mol. The number of Topliss-reactive ketones (excluding diaryl/α,β-unsaturated/α-hetero) is 1. The molecule has 1 aliphatic rings. The third-order valence-corrected chi connectivity index (χ3v) is 2.82. The van der Waals surface area contributed by atoms with Crippen LogP contribution in [0.15, 0.2) is 11.6 Å². The summed E-state index contributed by atoms with van der Waals surface area (Å²) in [6, 6.07) is 0. The zero-order valence-corrected chi connectivity index (χ0v) is 9.23. The van der Waals surface area contributed by atoms with Crippen molar-refractivity contribution >= 4 is 17.7 Å². The van der Waals surface area contributed by atoms with Gasteiger partial charge in [0, 0.05) is 0 Å². The maximum Gasteiger partial charge on any atom is 0.309 e. The second kappa shape index (κ2) is 4.92. The molecule has 88 valence electrons. The number of esters is 1. The number of carbonyl (C=O) groups is 3. The zero-order chi connectivity index (χ0) is 12.3. The third-order valence-electron chi connectivity index (χ3n) is 2.82. The minimum atomic E-state index is -1.03. The van der Waals surface area contributed by atoms with Gasteiger partial charge in [-0.05, 0) is 25.3 Å². The Morgan fingerprint density at radius 2 is 2.00 bits per heavy atom. The molecule has 0 saturated carbocycles. The van der Waals surface area contributed by atoms with Gasteiger partial charge in [-0.15, -0.1) is 0 Å². The summed E-state index contributed by atoms with van der Waals surface area (Å²) >= 11 is 0. The fraction of sp³-hybridized carbons (Fsp3) is 0.545. The summed E-state index contributed by atoms with van der Waals surface area (Å²) in [5, 5.41) is 8.96. The molecule has 0 aromatic carbocycles. The van der Waals surface area contributed by atoms with Gasteiger partial charge in [0.15, 0.2) is 5.78 Å². The largest absolute Gasteiger partial charge is 0.481 e. The van der Waals surface area contributed by atoms with Gasteiger partial charge < -0.3 is 9.84 Å². The number of ketones is 1. The Morgan fingerprint density at radius 3 is 2.44 bits per heavy atom. The molecule has 16 heavy (non-hydrogen) atoms. The Hall–Kier alpha value is -1.65. The van der Waals surface area contributed by atoms with Gasteiger partial charge in [-0.3, -0.25) is 14.4 Å². The molecule has 2 atom stereocenters. The molecular formula is C11H14O5. The highest BCUT2D eigenvalue weighted by atomic mass is 16.5. The summed E-state index contributed by atoms with van der Waals surface area (Å²) in [4.78, 5) is 33.5. The highest BCUT2D eigenvalue weighted by Crippen LogP contribution is 2.31. The van der Waals surface area contributed by atoms with Crippen molar-refractivity contribution in [2.75, 3.05) is 7.11 Å². The highest BCUT2D eigenvalue weighted by Gasteiger charge is 2.37.